The van der Waals surface area contributed by atoms with E-state index in [0.717, 1.165) is 11.3 Å². The van der Waals surface area contributed by atoms with Gasteiger partial charge in [0, 0.05) is 23.9 Å². The largest absolute Gasteiger partial charge is 0.444 e. The van der Waals surface area contributed by atoms with Gasteiger partial charge in [0.15, 0.2) is 5.78 Å². The number of carbonyl (C=O) groups is 2. The van der Waals surface area contributed by atoms with Gasteiger partial charge in [-0.15, -0.1) is 0 Å². The average molecular weight is 341 g/mol. The maximum absolute atomic E-state index is 12.6. The van der Waals surface area contributed by atoms with Crippen molar-refractivity contribution >= 4 is 11.9 Å². The Bertz CT molecular complexity index is 722. The van der Waals surface area contributed by atoms with Crippen LogP contribution in [0.15, 0.2) is 48.7 Å². The minimum atomic E-state index is -0.837. The standard InChI is InChI=1S/C19H23N3O3/c1-19(2,3)25-18(24)22-16(12-20)17(23)14-9-7-13(8-10-14)15-6-4-5-11-21-15/h4-11,16H,12,20H2,1-3H3,(H,22,24). The summed E-state index contributed by atoms with van der Waals surface area (Å²) in [4.78, 5) is 28.7. The lowest BCUT2D eigenvalue weighted by Gasteiger charge is -2.22. The third-order valence-electron chi connectivity index (χ3n) is 3.37. The Labute approximate surface area is 147 Å². The third kappa shape index (κ3) is 5.39. The molecular formula is C19H23N3O3. The molecule has 25 heavy (non-hydrogen) atoms. The molecule has 0 spiro atoms. The number of Topliss-reactive ketones (excluding diaryl/α,β-unsaturated/α-hetero) is 1. The van der Waals surface area contributed by atoms with Gasteiger partial charge < -0.3 is 15.8 Å². The number of nitrogens with one attached hydrogen (secondary N) is 1. The number of ether oxygens (including phenoxy) is 1. The molecular weight excluding hydrogens is 318 g/mol. The Kier molecular flexibility index (Phi) is 5.88. The van der Waals surface area contributed by atoms with Crippen LogP contribution >= 0.6 is 0 Å². The van der Waals surface area contributed by atoms with Gasteiger partial charge in [-0.05, 0) is 32.9 Å². The van der Waals surface area contributed by atoms with E-state index in [4.69, 9.17) is 10.5 Å². The number of amides is 1. The predicted molar refractivity (Wildman–Crippen MR) is 96.2 cm³/mol. The first-order valence-corrected chi connectivity index (χ1v) is 8.05. The normalized spacial score (nSPS) is 12.3. The molecule has 0 radical (unpaired) electrons. The summed E-state index contributed by atoms with van der Waals surface area (Å²) in [6.07, 6.45) is 1.05. The number of alkyl carbamates (subject to hydrolysis) is 1. The van der Waals surface area contributed by atoms with Crippen molar-refractivity contribution in [3.05, 3.63) is 54.2 Å². The van der Waals surface area contributed by atoms with Crippen LogP contribution in [0.3, 0.4) is 0 Å². The molecule has 2 rings (SSSR count). The van der Waals surface area contributed by atoms with E-state index in [-0.39, 0.29) is 12.3 Å². The molecule has 3 N–H and O–H groups in total. The summed E-state index contributed by atoms with van der Waals surface area (Å²) in [5.41, 5.74) is 7.19. The highest BCUT2D eigenvalue weighted by atomic mass is 16.6. The Balaban J connectivity index is 2.08. The SMILES string of the molecule is CC(C)(C)OC(=O)NC(CN)C(=O)c1ccc(-c2ccccn2)cc1. The first kappa shape index (κ1) is 18.6. The van der Waals surface area contributed by atoms with Crippen LogP contribution in [0.2, 0.25) is 0 Å². The second-order valence-electron chi connectivity index (χ2n) is 6.59. The maximum Gasteiger partial charge on any atom is 0.408 e. The summed E-state index contributed by atoms with van der Waals surface area (Å²) >= 11 is 0. The maximum atomic E-state index is 12.6. The lowest BCUT2D eigenvalue weighted by Crippen LogP contribution is -2.47. The topological polar surface area (TPSA) is 94.3 Å². The summed E-state index contributed by atoms with van der Waals surface area (Å²) in [6.45, 7) is 5.24. The zero-order chi connectivity index (χ0) is 18.4. The van der Waals surface area contributed by atoms with Crippen LogP contribution in [-0.2, 0) is 4.74 Å². The molecule has 0 bridgehead atoms. The number of pyridine rings is 1. The Hall–Kier alpha value is -2.73. The molecule has 1 atom stereocenters. The lowest BCUT2D eigenvalue weighted by molar-refractivity contribution is 0.0493. The van der Waals surface area contributed by atoms with Crippen molar-refractivity contribution in [2.24, 2.45) is 5.73 Å². The first-order valence-electron chi connectivity index (χ1n) is 8.05. The molecule has 132 valence electrons. The van der Waals surface area contributed by atoms with E-state index in [0.29, 0.717) is 5.56 Å². The summed E-state index contributed by atoms with van der Waals surface area (Å²) in [5, 5.41) is 2.52. The average Bonchev–Trinajstić information content (AvgIpc) is 2.58. The van der Waals surface area contributed by atoms with Crippen molar-refractivity contribution in [2.75, 3.05) is 6.54 Å². The van der Waals surface area contributed by atoms with E-state index in [1.807, 2.05) is 30.3 Å². The zero-order valence-electron chi connectivity index (χ0n) is 14.7. The highest BCUT2D eigenvalue weighted by molar-refractivity contribution is 6.02. The van der Waals surface area contributed by atoms with Gasteiger partial charge in [0.25, 0.3) is 0 Å². The fourth-order valence-electron chi connectivity index (χ4n) is 2.22. The fraction of sp³-hybridized carbons (Fsp3) is 0.316. The van der Waals surface area contributed by atoms with Crippen molar-refractivity contribution in [1.82, 2.24) is 10.3 Å². The molecule has 1 aromatic heterocycles. The molecule has 0 aliphatic heterocycles. The van der Waals surface area contributed by atoms with E-state index in [1.54, 1.807) is 39.1 Å². The van der Waals surface area contributed by atoms with E-state index in [1.165, 1.54) is 0 Å². The van der Waals surface area contributed by atoms with Gasteiger partial charge in [-0.1, -0.05) is 30.3 Å². The molecule has 6 heteroatoms. The minimum Gasteiger partial charge on any atom is -0.444 e. The van der Waals surface area contributed by atoms with Crippen LogP contribution in [0, 0.1) is 0 Å². The number of hydrogen-bond donors (Lipinski definition) is 2. The molecule has 0 saturated carbocycles. The molecule has 1 aromatic carbocycles. The summed E-state index contributed by atoms with van der Waals surface area (Å²) in [7, 11) is 0. The third-order valence-corrected chi connectivity index (χ3v) is 3.37. The second-order valence-corrected chi connectivity index (χ2v) is 6.59. The van der Waals surface area contributed by atoms with Crippen molar-refractivity contribution in [1.29, 1.82) is 0 Å². The van der Waals surface area contributed by atoms with Crippen LogP contribution in [0.25, 0.3) is 11.3 Å². The van der Waals surface area contributed by atoms with Gasteiger partial charge >= 0.3 is 6.09 Å². The van der Waals surface area contributed by atoms with Crippen LogP contribution in [0.4, 0.5) is 4.79 Å². The number of hydrogen-bond acceptors (Lipinski definition) is 5. The van der Waals surface area contributed by atoms with E-state index in [9.17, 15) is 9.59 Å². The quantitative estimate of drug-likeness (QED) is 0.816. The summed E-state index contributed by atoms with van der Waals surface area (Å²) in [5.74, 6) is -0.263. The number of rotatable bonds is 5. The molecule has 0 aliphatic carbocycles. The molecule has 0 aliphatic rings. The minimum absolute atomic E-state index is 0.0138. The van der Waals surface area contributed by atoms with Gasteiger partial charge in [-0.25, -0.2) is 4.79 Å². The molecule has 6 nitrogen and oxygen atoms in total. The van der Waals surface area contributed by atoms with Gasteiger partial charge in [-0.2, -0.15) is 0 Å². The van der Waals surface area contributed by atoms with E-state index >= 15 is 0 Å². The number of carbonyl (C=O) groups excluding carboxylic acids is 2. The van der Waals surface area contributed by atoms with Gasteiger partial charge in [-0.3, -0.25) is 9.78 Å². The van der Waals surface area contributed by atoms with Crippen molar-refractivity contribution in [3.8, 4) is 11.3 Å². The van der Waals surface area contributed by atoms with Crippen LogP contribution in [0.1, 0.15) is 31.1 Å². The Morgan fingerprint density at radius 3 is 2.36 bits per heavy atom. The van der Waals surface area contributed by atoms with Gasteiger partial charge in [0.05, 0.1) is 5.69 Å². The molecule has 1 unspecified atom stereocenters. The van der Waals surface area contributed by atoms with Gasteiger partial charge in [0.2, 0.25) is 0 Å². The molecule has 1 amide bonds. The van der Waals surface area contributed by atoms with E-state index in [2.05, 4.69) is 10.3 Å². The zero-order valence-corrected chi connectivity index (χ0v) is 14.7. The Morgan fingerprint density at radius 2 is 1.84 bits per heavy atom. The number of ketones is 1. The van der Waals surface area contributed by atoms with Crippen molar-refractivity contribution in [2.45, 2.75) is 32.4 Å². The predicted octanol–water partition coefficient (Wildman–Crippen LogP) is 2.78. The molecule has 0 saturated heterocycles. The summed E-state index contributed by atoms with van der Waals surface area (Å²) in [6, 6.07) is 11.8. The van der Waals surface area contributed by atoms with Crippen LogP contribution < -0.4 is 11.1 Å². The van der Waals surface area contributed by atoms with Crippen LogP contribution in [-0.4, -0.2) is 35.0 Å². The van der Waals surface area contributed by atoms with E-state index < -0.39 is 17.7 Å². The number of nitrogens with zero attached hydrogens (tertiary/aromatic N) is 1. The second kappa shape index (κ2) is 7.90. The molecule has 0 fully saturated rings. The number of aromatic nitrogens is 1. The smallest absolute Gasteiger partial charge is 0.408 e. The van der Waals surface area contributed by atoms with Crippen molar-refractivity contribution in [3.63, 3.8) is 0 Å². The number of nitrogens with two attached hydrogens (primary N) is 1. The summed E-state index contributed by atoms with van der Waals surface area (Å²) < 4.78 is 5.17. The Morgan fingerprint density at radius 1 is 1.16 bits per heavy atom. The lowest BCUT2D eigenvalue weighted by atomic mass is 10.0. The fourth-order valence-corrected chi connectivity index (χ4v) is 2.22. The van der Waals surface area contributed by atoms with Crippen molar-refractivity contribution < 1.29 is 14.3 Å². The monoisotopic (exact) mass is 341 g/mol. The molecule has 2 aromatic rings. The highest BCUT2D eigenvalue weighted by Crippen LogP contribution is 2.17. The highest BCUT2D eigenvalue weighted by Gasteiger charge is 2.24. The van der Waals surface area contributed by atoms with Crippen LogP contribution in [0.5, 0.6) is 0 Å². The van der Waals surface area contributed by atoms with Gasteiger partial charge in [0.1, 0.15) is 11.6 Å². The number of benzene rings is 1. The molecule has 1 heterocycles. The first-order chi connectivity index (χ1) is 11.8.